The van der Waals surface area contributed by atoms with Gasteiger partial charge in [-0.25, -0.2) is 0 Å². The van der Waals surface area contributed by atoms with Gasteiger partial charge in [-0.05, 0) is 54.8 Å². The smallest absolute Gasteiger partial charge is 0.255 e. The molecule has 2 amide bonds. The topological polar surface area (TPSA) is 49.4 Å². The summed E-state index contributed by atoms with van der Waals surface area (Å²) in [6, 6.07) is 15.1. The summed E-state index contributed by atoms with van der Waals surface area (Å²) in [5.41, 5.74) is 3.51. The fourth-order valence-corrected chi connectivity index (χ4v) is 2.96. The van der Waals surface area contributed by atoms with Crippen LogP contribution in [-0.2, 0) is 11.2 Å². The Balaban J connectivity index is 1.64. The van der Waals surface area contributed by atoms with E-state index >= 15 is 0 Å². The highest BCUT2D eigenvalue weighted by atomic mass is 16.2. The van der Waals surface area contributed by atoms with E-state index in [2.05, 4.69) is 12.2 Å². The summed E-state index contributed by atoms with van der Waals surface area (Å²) >= 11 is 0. The third-order valence-corrected chi connectivity index (χ3v) is 4.27. The van der Waals surface area contributed by atoms with Gasteiger partial charge in [0.2, 0.25) is 5.91 Å². The molecule has 0 spiro atoms. The molecule has 1 aliphatic rings. The van der Waals surface area contributed by atoms with Crippen LogP contribution in [0.3, 0.4) is 0 Å². The van der Waals surface area contributed by atoms with E-state index in [9.17, 15) is 9.59 Å². The normalized spacial score (nSPS) is 14.0. The van der Waals surface area contributed by atoms with Crippen molar-refractivity contribution in [2.75, 3.05) is 16.8 Å². The molecule has 0 atom stereocenters. The first kappa shape index (κ1) is 16.2. The number of nitrogens with zero attached hydrogens (tertiary/aromatic N) is 1. The largest absolute Gasteiger partial charge is 0.322 e. The van der Waals surface area contributed by atoms with Crippen LogP contribution in [0.1, 0.15) is 42.1 Å². The van der Waals surface area contributed by atoms with E-state index in [1.807, 2.05) is 48.5 Å². The molecule has 0 saturated carbocycles. The maximum Gasteiger partial charge on any atom is 0.255 e. The molecule has 124 valence electrons. The number of amides is 2. The summed E-state index contributed by atoms with van der Waals surface area (Å²) in [4.78, 5) is 25.8. The van der Waals surface area contributed by atoms with Crippen LogP contribution in [0.5, 0.6) is 0 Å². The van der Waals surface area contributed by atoms with Gasteiger partial charge in [0, 0.05) is 29.9 Å². The van der Waals surface area contributed by atoms with Gasteiger partial charge in [-0.2, -0.15) is 0 Å². The van der Waals surface area contributed by atoms with Gasteiger partial charge in [-0.1, -0.05) is 25.5 Å². The Morgan fingerprint density at radius 2 is 1.79 bits per heavy atom. The third-order valence-electron chi connectivity index (χ3n) is 4.27. The molecule has 0 aliphatic carbocycles. The molecule has 2 aromatic rings. The van der Waals surface area contributed by atoms with Gasteiger partial charge in [0.15, 0.2) is 0 Å². The van der Waals surface area contributed by atoms with Crippen LogP contribution in [0.2, 0.25) is 0 Å². The zero-order chi connectivity index (χ0) is 16.9. The quantitative estimate of drug-likeness (QED) is 0.904. The second-order valence-corrected chi connectivity index (χ2v) is 6.10. The van der Waals surface area contributed by atoms with Gasteiger partial charge in [0.1, 0.15) is 0 Å². The van der Waals surface area contributed by atoms with Crippen molar-refractivity contribution >= 4 is 23.2 Å². The zero-order valence-corrected chi connectivity index (χ0v) is 13.9. The van der Waals surface area contributed by atoms with Crippen LogP contribution in [0.25, 0.3) is 0 Å². The number of nitrogens with one attached hydrogen (secondary N) is 1. The maximum atomic E-state index is 12.3. The lowest BCUT2D eigenvalue weighted by Crippen LogP contribution is -2.23. The Kier molecular flexibility index (Phi) is 4.94. The Hall–Kier alpha value is -2.62. The minimum Gasteiger partial charge on any atom is -0.322 e. The molecule has 1 N–H and O–H groups in total. The molecule has 0 aromatic heterocycles. The minimum absolute atomic E-state index is 0.122. The fourth-order valence-electron chi connectivity index (χ4n) is 2.96. The summed E-state index contributed by atoms with van der Waals surface area (Å²) in [6.07, 6.45) is 3.65. The standard InChI is InChI=1S/C20H22N2O2/c1-2-4-15-6-8-16(9-7-15)20(24)21-17-10-12-18(13-11-17)22-14-3-5-19(22)23/h6-13H,2-5,14H2,1H3,(H,21,24). The van der Waals surface area contributed by atoms with E-state index in [0.29, 0.717) is 12.0 Å². The molecule has 2 aromatic carbocycles. The summed E-state index contributed by atoms with van der Waals surface area (Å²) in [5, 5.41) is 2.90. The van der Waals surface area contributed by atoms with E-state index in [1.165, 1.54) is 5.56 Å². The summed E-state index contributed by atoms with van der Waals surface area (Å²) in [7, 11) is 0. The van der Waals surface area contributed by atoms with Gasteiger partial charge < -0.3 is 10.2 Å². The first-order valence-electron chi connectivity index (χ1n) is 8.48. The van der Waals surface area contributed by atoms with Crippen molar-refractivity contribution in [3.8, 4) is 0 Å². The highest BCUT2D eigenvalue weighted by Gasteiger charge is 2.21. The number of rotatable bonds is 5. The Morgan fingerprint density at radius 3 is 2.38 bits per heavy atom. The van der Waals surface area contributed by atoms with Crippen molar-refractivity contribution in [1.29, 1.82) is 0 Å². The van der Waals surface area contributed by atoms with Crippen LogP contribution in [0, 0.1) is 0 Å². The molecule has 0 bridgehead atoms. The average molecular weight is 322 g/mol. The molecule has 3 rings (SSSR count). The Labute approximate surface area is 142 Å². The monoisotopic (exact) mass is 322 g/mol. The lowest BCUT2D eigenvalue weighted by atomic mass is 10.1. The van der Waals surface area contributed by atoms with E-state index in [0.717, 1.165) is 37.2 Å². The SMILES string of the molecule is CCCc1ccc(C(=O)Nc2ccc(N3CCCC3=O)cc2)cc1. The van der Waals surface area contributed by atoms with Gasteiger partial charge in [0.05, 0.1) is 0 Å². The van der Waals surface area contributed by atoms with Crippen molar-refractivity contribution < 1.29 is 9.59 Å². The first-order valence-corrected chi connectivity index (χ1v) is 8.48. The molecule has 1 fully saturated rings. The number of anilines is 2. The van der Waals surface area contributed by atoms with Crippen LogP contribution in [-0.4, -0.2) is 18.4 Å². The van der Waals surface area contributed by atoms with Crippen LogP contribution >= 0.6 is 0 Å². The summed E-state index contributed by atoms with van der Waals surface area (Å²) < 4.78 is 0. The number of hydrogen-bond acceptors (Lipinski definition) is 2. The van der Waals surface area contributed by atoms with Crippen molar-refractivity contribution in [3.63, 3.8) is 0 Å². The molecule has 1 saturated heterocycles. The Bertz CT molecular complexity index is 720. The van der Waals surface area contributed by atoms with Gasteiger partial charge in [0.25, 0.3) is 5.91 Å². The van der Waals surface area contributed by atoms with Crippen molar-refractivity contribution in [1.82, 2.24) is 0 Å². The third kappa shape index (κ3) is 3.65. The second kappa shape index (κ2) is 7.30. The molecule has 24 heavy (non-hydrogen) atoms. The van der Waals surface area contributed by atoms with Crippen molar-refractivity contribution in [3.05, 3.63) is 59.7 Å². The van der Waals surface area contributed by atoms with Crippen molar-refractivity contribution in [2.45, 2.75) is 32.6 Å². The summed E-state index contributed by atoms with van der Waals surface area (Å²) in [6.45, 7) is 2.91. The van der Waals surface area contributed by atoms with E-state index < -0.39 is 0 Å². The first-order chi connectivity index (χ1) is 11.7. The van der Waals surface area contributed by atoms with Crippen LogP contribution in [0.4, 0.5) is 11.4 Å². The molecular weight excluding hydrogens is 300 g/mol. The van der Waals surface area contributed by atoms with Crippen LogP contribution < -0.4 is 10.2 Å². The zero-order valence-electron chi connectivity index (χ0n) is 13.9. The van der Waals surface area contributed by atoms with E-state index in [-0.39, 0.29) is 11.8 Å². The molecular formula is C20H22N2O2. The molecule has 4 heteroatoms. The second-order valence-electron chi connectivity index (χ2n) is 6.10. The molecule has 4 nitrogen and oxygen atoms in total. The minimum atomic E-state index is -0.122. The maximum absolute atomic E-state index is 12.3. The molecule has 1 heterocycles. The van der Waals surface area contributed by atoms with E-state index in [4.69, 9.17) is 0 Å². The lowest BCUT2D eigenvalue weighted by molar-refractivity contribution is -0.117. The summed E-state index contributed by atoms with van der Waals surface area (Å²) in [5.74, 6) is 0.0435. The van der Waals surface area contributed by atoms with Gasteiger partial charge in [-0.15, -0.1) is 0 Å². The van der Waals surface area contributed by atoms with Crippen LogP contribution in [0.15, 0.2) is 48.5 Å². The number of hydrogen-bond donors (Lipinski definition) is 1. The number of carbonyl (C=O) groups is 2. The average Bonchev–Trinajstić information content (AvgIpc) is 3.02. The Morgan fingerprint density at radius 1 is 1.08 bits per heavy atom. The molecule has 1 aliphatic heterocycles. The highest BCUT2D eigenvalue weighted by Crippen LogP contribution is 2.23. The number of carbonyl (C=O) groups excluding carboxylic acids is 2. The molecule has 0 radical (unpaired) electrons. The molecule has 0 unspecified atom stereocenters. The van der Waals surface area contributed by atoms with E-state index in [1.54, 1.807) is 4.90 Å². The predicted octanol–water partition coefficient (Wildman–Crippen LogP) is 4.02. The lowest BCUT2D eigenvalue weighted by Gasteiger charge is -2.16. The van der Waals surface area contributed by atoms with Crippen molar-refractivity contribution in [2.24, 2.45) is 0 Å². The fraction of sp³-hybridized carbons (Fsp3) is 0.300. The number of aryl methyl sites for hydroxylation is 1. The van der Waals surface area contributed by atoms with Gasteiger partial charge >= 0.3 is 0 Å². The predicted molar refractivity (Wildman–Crippen MR) is 96.4 cm³/mol. The van der Waals surface area contributed by atoms with Gasteiger partial charge in [-0.3, -0.25) is 9.59 Å². The highest BCUT2D eigenvalue weighted by molar-refractivity contribution is 6.04. The number of benzene rings is 2.